The van der Waals surface area contributed by atoms with Crippen molar-refractivity contribution in [1.82, 2.24) is 0 Å². The Hall–Kier alpha value is -2.62. The number of furan rings is 1. The van der Waals surface area contributed by atoms with Gasteiger partial charge in [-0.05, 0) is 17.7 Å². The molecule has 4 heteroatoms. The van der Waals surface area contributed by atoms with Crippen LogP contribution in [0.15, 0.2) is 47.1 Å². The van der Waals surface area contributed by atoms with Crippen molar-refractivity contribution in [3.05, 3.63) is 42.7 Å². The molecular weight excluding hydrogens is 268 g/mol. The molecule has 1 aromatic heterocycles. The molecule has 0 aliphatic carbocycles. The summed E-state index contributed by atoms with van der Waals surface area (Å²) in [5, 5.41) is 0.923. The summed E-state index contributed by atoms with van der Waals surface area (Å²) in [6.45, 7) is 0. The number of methoxy groups -OCH3 is 3. The molecule has 108 valence electrons. The van der Waals surface area contributed by atoms with Crippen LogP contribution < -0.4 is 14.2 Å². The minimum absolute atomic E-state index is 0.700. The van der Waals surface area contributed by atoms with Crippen LogP contribution in [-0.4, -0.2) is 21.3 Å². The second-order valence-electron chi connectivity index (χ2n) is 4.58. The van der Waals surface area contributed by atoms with Gasteiger partial charge in [-0.2, -0.15) is 0 Å². The Morgan fingerprint density at radius 3 is 2.38 bits per heavy atom. The number of hydrogen-bond donors (Lipinski definition) is 0. The largest absolute Gasteiger partial charge is 0.497 e. The molecular formula is C17H16O4. The Morgan fingerprint density at radius 2 is 1.67 bits per heavy atom. The number of rotatable bonds is 4. The molecule has 3 rings (SSSR count). The highest BCUT2D eigenvalue weighted by Gasteiger charge is 2.15. The van der Waals surface area contributed by atoms with E-state index in [1.165, 1.54) is 0 Å². The summed E-state index contributed by atoms with van der Waals surface area (Å²) in [5.41, 5.74) is 2.70. The predicted octanol–water partition coefficient (Wildman–Crippen LogP) is 4.13. The lowest BCUT2D eigenvalue weighted by Gasteiger charge is -2.07. The highest BCUT2D eigenvalue weighted by atomic mass is 16.5. The molecule has 0 amide bonds. The van der Waals surface area contributed by atoms with E-state index in [-0.39, 0.29) is 0 Å². The Labute approximate surface area is 122 Å². The summed E-state index contributed by atoms with van der Waals surface area (Å²) in [6, 6.07) is 11.5. The van der Waals surface area contributed by atoms with Gasteiger partial charge in [-0.25, -0.2) is 0 Å². The van der Waals surface area contributed by atoms with Gasteiger partial charge in [-0.15, -0.1) is 0 Å². The fourth-order valence-corrected chi connectivity index (χ4v) is 2.39. The molecule has 0 radical (unpaired) electrons. The van der Waals surface area contributed by atoms with E-state index >= 15 is 0 Å². The highest BCUT2D eigenvalue weighted by Crippen LogP contribution is 2.40. The van der Waals surface area contributed by atoms with Gasteiger partial charge >= 0.3 is 0 Å². The van der Waals surface area contributed by atoms with Crippen molar-refractivity contribution in [2.75, 3.05) is 21.3 Å². The zero-order valence-electron chi connectivity index (χ0n) is 12.2. The van der Waals surface area contributed by atoms with Crippen LogP contribution in [0.3, 0.4) is 0 Å². The monoisotopic (exact) mass is 284 g/mol. The summed E-state index contributed by atoms with van der Waals surface area (Å²) in [4.78, 5) is 0. The van der Waals surface area contributed by atoms with Gasteiger partial charge in [0, 0.05) is 17.7 Å². The zero-order valence-corrected chi connectivity index (χ0v) is 12.2. The summed E-state index contributed by atoms with van der Waals surface area (Å²) in [5.74, 6) is 2.22. The van der Waals surface area contributed by atoms with E-state index in [2.05, 4.69) is 0 Å². The third-order valence-corrected chi connectivity index (χ3v) is 3.45. The Bertz CT molecular complexity index is 774. The topological polar surface area (TPSA) is 40.8 Å². The van der Waals surface area contributed by atoms with Crippen molar-refractivity contribution in [2.45, 2.75) is 0 Å². The first kappa shape index (κ1) is 13.4. The minimum atomic E-state index is 0.700. The van der Waals surface area contributed by atoms with Gasteiger partial charge < -0.3 is 18.6 Å². The first-order valence-electron chi connectivity index (χ1n) is 6.54. The molecule has 0 atom stereocenters. The lowest BCUT2D eigenvalue weighted by molar-refractivity contribution is 0.397. The molecule has 0 unspecified atom stereocenters. The molecule has 0 spiro atoms. The quantitative estimate of drug-likeness (QED) is 0.722. The molecule has 21 heavy (non-hydrogen) atoms. The number of ether oxygens (including phenoxy) is 3. The predicted molar refractivity (Wildman–Crippen MR) is 81.3 cm³/mol. The normalized spacial score (nSPS) is 10.6. The van der Waals surface area contributed by atoms with E-state index in [9.17, 15) is 0 Å². The second kappa shape index (κ2) is 5.40. The average Bonchev–Trinajstić information content (AvgIpc) is 2.97. The fourth-order valence-electron chi connectivity index (χ4n) is 2.39. The van der Waals surface area contributed by atoms with E-state index < -0.39 is 0 Å². The van der Waals surface area contributed by atoms with Crippen molar-refractivity contribution < 1.29 is 18.6 Å². The molecule has 3 aromatic rings. The molecule has 0 aliphatic heterocycles. The summed E-state index contributed by atoms with van der Waals surface area (Å²) in [6.07, 6.45) is 1.72. The van der Waals surface area contributed by atoms with Gasteiger partial charge in [-0.1, -0.05) is 12.1 Å². The highest BCUT2D eigenvalue weighted by molar-refractivity contribution is 5.99. The third kappa shape index (κ3) is 2.29. The van der Waals surface area contributed by atoms with Gasteiger partial charge in [0.05, 0.1) is 33.0 Å². The molecule has 2 aromatic carbocycles. The van der Waals surface area contributed by atoms with Crippen LogP contribution in [0.4, 0.5) is 0 Å². The van der Waals surface area contributed by atoms with Gasteiger partial charge in [0.15, 0.2) is 0 Å². The number of benzene rings is 2. The standard InChI is InChI=1S/C17H16O4/c1-18-12-6-4-5-11(7-12)14-10-21-16-9-13(19-2)8-15(20-3)17(14)16/h4-10H,1-3H3. The lowest BCUT2D eigenvalue weighted by Crippen LogP contribution is -1.88. The van der Waals surface area contributed by atoms with Crippen LogP contribution in [0.5, 0.6) is 17.2 Å². The van der Waals surface area contributed by atoms with Crippen molar-refractivity contribution in [2.24, 2.45) is 0 Å². The fraction of sp³-hybridized carbons (Fsp3) is 0.176. The van der Waals surface area contributed by atoms with E-state index in [0.29, 0.717) is 5.75 Å². The van der Waals surface area contributed by atoms with Crippen molar-refractivity contribution in [3.8, 4) is 28.4 Å². The van der Waals surface area contributed by atoms with Gasteiger partial charge in [0.25, 0.3) is 0 Å². The van der Waals surface area contributed by atoms with Gasteiger partial charge in [-0.3, -0.25) is 0 Å². The molecule has 0 fully saturated rings. The molecule has 4 nitrogen and oxygen atoms in total. The maximum atomic E-state index is 5.66. The maximum Gasteiger partial charge on any atom is 0.141 e. The van der Waals surface area contributed by atoms with Crippen LogP contribution in [0.25, 0.3) is 22.1 Å². The molecule has 0 N–H and O–H groups in total. The maximum absolute atomic E-state index is 5.66. The summed E-state index contributed by atoms with van der Waals surface area (Å²) >= 11 is 0. The minimum Gasteiger partial charge on any atom is -0.497 e. The molecule has 0 saturated carbocycles. The first-order valence-corrected chi connectivity index (χ1v) is 6.54. The molecule has 0 aliphatic rings. The van der Waals surface area contributed by atoms with Crippen molar-refractivity contribution >= 4 is 11.0 Å². The van der Waals surface area contributed by atoms with E-state index in [0.717, 1.165) is 33.6 Å². The molecule has 0 saturated heterocycles. The van der Waals surface area contributed by atoms with Gasteiger partial charge in [0.2, 0.25) is 0 Å². The number of hydrogen-bond acceptors (Lipinski definition) is 4. The molecule has 1 heterocycles. The Kier molecular flexibility index (Phi) is 3.44. The van der Waals surface area contributed by atoms with Crippen LogP contribution >= 0.6 is 0 Å². The first-order chi connectivity index (χ1) is 10.3. The second-order valence-corrected chi connectivity index (χ2v) is 4.58. The summed E-state index contributed by atoms with van der Waals surface area (Å²) in [7, 11) is 4.90. The van der Waals surface area contributed by atoms with E-state index in [1.807, 2.05) is 36.4 Å². The van der Waals surface area contributed by atoms with Crippen LogP contribution in [0, 0.1) is 0 Å². The lowest BCUT2D eigenvalue weighted by atomic mass is 10.0. The SMILES string of the molecule is COc1cccc(-c2coc3cc(OC)cc(OC)c23)c1. The van der Waals surface area contributed by atoms with Crippen LogP contribution in [-0.2, 0) is 0 Å². The van der Waals surface area contributed by atoms with E-state index in [4.69, 9.17) is 18.6 Å². The van der Waals surface area contributed by atoms with Crippen molar-refractivity contribution in [3.63, 3.8) is 0 Å². The third-order valence-electron chi connectivity index (χ3n) is 3.45. The summed E-state index contributed by atoms with van der Waals surface area (Å²) < 4.78 is 21.7. The Balaban J connectivity index is 2.23. The van der Waals surface area contributed by atoms with Gasteiger partial charge in [0.1, 0.15) is 22.8 Å². The molecule has 0 bridgehead atoms. The van der Waals surface area contributed by atoms with Crippen LogP contribution in [0.2, 0.25) is 0 Å². The smallest absolute Gasteiger partial charge is 0.141 e. The van der Waals surface area contributed by atoms with Crippen molar-refractivity contribution in [1.29, 1.82) is 0 Å². The van der Waals surface area contributed by atoms with E-state index in [1.54, 1.807) is 27.6 Å². The van der Waals surface area contributed by atoms with Crippen LogP contribution in [0.1, 0.15) is 0 Å². The number of fused-ring (bicyclic) bond motifs is 1. The average molecular weight is 284 g/mol. The zero-order chi connectivity index (χ0) is 14.8. The Morgan fingerprint density at radius 1 is 0.857 bits per heavy atom.